The lowest BCUT2D eigenvalue weighted by molar-refractivity contribution is 0.0634. The number of likely N-dealkylation sites (N-methyl/N-ethyl adjacent to an activating group) is 1. The van der Waals surface area contributed by atoms with E-state index in [1.807, 2.05) is 14.0 Å². The minimum Gasteiger partial charge on any atom is -0.451 e. The van der Waals surface area contributed by atoms with Gasteiger partial charge in [0.15, 0.2) is 5.76 Å². The number of sulfonamides is 1. The fraction of sp³-hybridized carbons (Fsp3) is 0.571. The van der Waals surface area contributed by atoms with Crippen molar-refractivity contribution in [2.45, 2.75) is 31.6 Å². The topological polar surface area (TPSA) is 74.1 Å². The maximum atomic E-state index is 13.1. The van der Waals surface area contributed by atoms with Crippen molar-refractivity contribution in [1.82, 2.24) is 14.1 Å². The first kappa shape index (κ1) is 20.4. The second kappa shape index (κ2) is 7.74. The number of aryl methyl sites for hydroxylation is 1. The summed E-state index contributed by atoms with van der Waals surface area (Å²) >= 11 is 0. The van der Waals surface area contributed by atoms with Gasteiger partial charge in [0.05, 0.1) is 4.90 Å². The molecular formula is C21H29N3O4S. The Morgan fingerprint density at radius 1 is 1.07 bits per heavy atom. The van der Waals surface area contributed by atoms with Crippen LogP contribution in [-0.2, 0) is 10.0 Å². The van der Waals surface area contributed by atoms with Crippen LogP contribution in [0.15, 0.2) is 27.5 Å². The molecule has 0 unspecified atom stereocenters. The van der Waals surface area contributed by atoms with Gasteiger partial charge in [-0.05, 0) is 50.9 Å². The van der Waals surface area contributed by atoms with Crippen LogP contribution in [-0.4, -0.2) is 74.7 Å². The van der Waals surface area contributed by atoms with E-state index < -0.39 is 10.0 Å². The van der Waals surface area contributed by atoms with Crippen LogP contribution < -0.4 is 0 Å². The van der Waals surface area contributed by atoms with Gasteiger partial charge < -0.3 is 14.2 Å². The van der Waals surface area contributed by atoms with Crippen LogP contribution in [0, 0.1) is 12.8 Å². The lowest BCUT2D eigenvalue weighted by atomic mass is 10.0. The molecule has 2 aliphatic rings. The molecule has 8 heteroatoms. The van der Waals surface area contributed by atoms with Crippen molar-refractivity contribution >= 4 is 26.9 Å². The normalized spacial score (nSPS) is 20.4. The second-order valence-corrected chi connectivity index (χ2v) is 10.3. The quantitative estimate of drug-likeness (QED) is 0.764. The third kappa shape index (κ3) is 3.81. The van der Waals surface area contributed by atoms with Crippen molar-refractivity contribution in [3.8, 4) is 0 Å². The van der Waals surface area contributed by atoms with E-state index >= 15 is 0 Å². The Morgan fingerprint density at radius 2 is 1.72 bits per heavy atom. The zero-order chi connectivity index (χ0) is 20.8. The van der Waals surface area contributed by atoms with Crippen molar-refractivity contribution in [3.63, 3.8) is 0 Å². The van der Waals surface area contributed by atoms with Gasteiger partial charge in [0.25, 0.3) is 5.91 Å². The first-order valence-corrected chi connectivity index (χ1v) is 11.7. The molecule has 3 heterocycles. The summed E-state index contributed by atoms with van der Waals surface area (Å²) < 4.78 is 33.6. The molecule has 29 heavy (non-hydrogen) atoms. The van der Waals surface area contributed by atoms with Gasteiger partial charge in [0.1, 0.15) is 5.58 Å². The van der Waals surface area contributed by atoms with E-state index in [2.05, 4.69) is 11.8 Å². The molecule has 0 N–H and O–H groups in total. The molecule has 1 aromatic heterocycles. The number of benzene rings is 1. The number of piperidine rings is 1. The van der Waals surface area contributed by atoms with Gasteiger partial charge in [0, 0.05) is 50.2 Å². The van der Waals surface area contributed by atoms with Crippen molar-refractivity contribution in [2.75, 3.05) is 46.3 Å². The summed E-state index contributed by atoms with van der Waals surface area (Å²) in [7, 11) is -1.50. The van der Waals surface area contributed by atoms with E-state index in [-0.39, 0.29) is 10.8 Å². The highest BCUT2D eigenvalue weighted by Gasteiger charge is 2.30. The lowest BCUT2D eigenvalue weighted by Gasteiger charge is -2.31. The molecule has 2 fully saturated rings. The molecule has 0 radical (unpaired) electrons. The Morgan fingerprint density at radius 3 is 2.38 bits per heavy atom. The number of fused-ring (bicyclic) bond motifs is 1. The summed E-state index contributed by atoms with van der Waals surface area (Å²) in [5.74, 6) is 0.746. The van der Waals surface area contributed by atoms with Crippen LogP contribution in [0.3, 0.4) is 0 Å². The predicted octanol–water partition coefficient (Wildman–Crippen LogP) is 2.55. The second-order valence-electron chi connectivity index (χ2n) is 8.40. The summed E-state index contributed by atoms with van der Waals surface area (Å²) in [4.78, 5) is 17.2. The van der Waals surface area contributed by atoms with Crippen LogP contribution in [0.2, 0.25) is 0 Å². The monoisotopic (exact) mass is 419 g/mol. The fourth-order valence-electron chi connectivity index (χ4n) is 4.09. The van der Waals surface area contributed by atoms with E-state index in [1.54, 1.807) is 27.4 Å². The molecule has 7 nitrogen and oxygen atoms in total. The summed E-state index contributed by atoms with van der Waals surface area (Å²) in [6.45, 7) is 8.09. The average Bonchev–Trinajstić information content (AvgIpc) is 3.04. The smallest absolute Gasteiger partial charge is 0.289 e. The zero-order valence-corrected chi connectivity index (χ0v) is 18.2. The lowest BCUT2D eigenvalue weighted by Crippen LogP contribution is -2.47. The molecule has 0 saturated carbocycles. The Balaban J connectivity index is 1.63. The van der Waals surface area contributed by atoms with Crippen LogP contribution in [0.5, 0.6) is 0 Å². The zero-order valence-electron chi connectivity index (χ0n) is 17.3. The maximum Gasteiger partial charge on any atom is 0.289 e. The molecule has 2 aliphatic heterocycles. The molecule has 0 spiro atoms. The van der Waals surface area contributed by atoms with Crippen LogP contribution in [0.25, 0.3) is 11.0 Å². The summed E-state index contributed by atoms with van der Waals surface area (Å²) in [5, 5.41) is 0.689. The molecule has 0 aliphatic carbocycles. The highest BCUT2D eigenvalue weighted by atomic mass is 32.2. The van der Waals surface area contributed by atoms with E-state index in [1.165, 1.54) is 0 Å². The molecule has 1 aromatic carbocycles. The van der Waals surface area contributed by atoms with E-state index in [9.17, 15) is 13.2 Å². The number of hydrogen-bond donors (Lipinski definition) is 0. The largest absolute Gasteiger partial charge is 0.451 e. The third-order valence-corrected chi connectivity index (χ3v) is 8.17. The van der Waals surface area contributed by atoms with Gasteiger partial charge in [-0.3, -0.25) is 4.79 Å². The predicted molar refractivity (Wildman–Crippen MR) is 112 cm³/mol. The van der Waals surface area contributed by atoms with Gasteiger partial charge in [-0.25, -0.2) is 8.42 Å². The molecule has 2 aromatic rings. The Hall–Kier alpha value is -1.90. The number of nitrogens with zero attached hydrogens (tertiary/aromatic N) is 3. The van der Waals surface area contributed by atoms with Gasteiger partial charge in [0.2, 0.25) is 10.0 Å². The number of rotatable bonds is 3. The first-order chi connectivity index (χ1) is 13.8. The summed E-state index contributed by atoms with van der Waals surface area (Å²) in [6.07, 6.45) is 1.77. The van der Waals surface area contributed by atoms with Gasteiger partial charge in [-0.2, -0.15) is 4.31 Å². The number of piperazine rings is 1. The molecule has 0 atom stereocenters. The van der Waals surface area contributed by atoms with E-state index in [0.29, 0.717) is 54.4 Å². The molecule has 4 rings (SSSR count). The Kier molecular flexibility index (Phi) is 5.44. The molecule has 0 bridgehead atoms. The van der Waals surface area contributed by atoms with Crippen LogP contribution >= 0.6 is 0 Å². The molecular weight excluding hydrogens is 390 g/mol. The Labute approximate surface area is 172 Å². The van der Waals surface area contributed by atoms with Crippen molar-refractivity contribution in [1.29, 1.82) is 0 Å². The first-order valence-electron chi connectivity index (χ1n) is 10.3. The van der Waals surface area contributed by atoms with E-state index in [0.717, 1.165) is 25.9 Å². The number of amides is 1. The molecule has 2 saturated heterocycles. The van der Waals surface area contributed by atoms with Gasteiger partial charge in [-0.1, -0.05) is 6.92 Å². The van der Waals surface area contributed by atoms with Crippen molar-refractivity contribution in [2.24, 2.45) is 5.92 Å². The highest BCUT2D eigenvalue weighted by Crippen LogP contribution is 2.31. The number of furan rings is 1. The molecule has 1 amide bonds. The highest BCUT2D eigenvalue weighted by molar-refractivity contribution is 7.89. The maximum absolute atomic E-state index is 13.1. The summed E-state index contributed by atoms with van der Waals surface area (Å²) in [6, 6.07) is 4.91. The molecule has 158 valence electrons. The fourth-order valence-corrected chi connectivity index (χ4v) is 5.59. The van der Waals surface area contributed by atoms with Crippen LogP contribution in [0.4, 0.5) is 0 Å². The summed E-state index contributed by atoms with van der Waals surface area (Å²) in [5.41, 5.74) is 1.25. The van der Waals surface area contributed by atoms with Gasteiger partial charge >= 0.3 is 0 Å². The third-order valence-electron chi connectivity index (χ3n) is 6.27. The minimum absolute atomic E-state index is 0.124. The standard InChI is InChI=1S/C21H29N3O4S/c1-15-6-8-24(9-7-15)29(26,27)17-4-5-19-18(14-17)16(2)20(28-19)21(25)23-12-10-22(3)11-13-23/h4-5,14-15H,6-13H2,1-3H3. The van der Waals surface area contributed by atoms with Crippen LogP contribution in [0.1, 0.15) is 35.9 Å². The Bertz CT molecular complexity index is 1010. The minimum atomic E-state index is -3.54. The SMILES string of the molecule is Cc1c(C(=O)N2CCN(C)CC2)oc2ccc(S(=O)(=O)N3CCC(C)CC3)cc12. The number of carbonyl (C=O) groups excluding carboxylic acids is 1. The average molecular weight is 420 g/mol. The number of carbonyl (C=O) groups is 1. The van der Waals surface area contributed by atoms with Gasteiger partial charge in [-0.15, -0.1) is 0 Å². The van der Waals surface area contributed by atoms with Crippen molar-refractivity contribution in [3.05, 3.63) is 29.5 Å². The number of hydrogen-bond acceptors (Lipinski definition) is 5. The van der Waals surface area contributed by atoms with Crippen molar-refractivity contribution < 1.29 is 17.6 Å². The van der Waals surface area contributed by atoms with E-state index in [4.69, 9.17) is 4.42 Å².